The first-order valence-corrected chi connectivity index (χ1v) is 9.03. The average molecular weight is 345 g/mol. The average Bonchev–Trinajstić information content (AvgIpc) is 3.11. The Morgan fingerprint density at radius 2 is 2.12 bits per heavy atom. The Balaban J connectivity index is 1.67. The van der Waals surface area contributed by atoms with Gasteiger partial charge in [0.2, 0.25) is 5.91 Å². The maximum Gasteiger partial charge on any atom is 0.314 e. The van der Waals surface area contributed by atoms with Crippen molar-refractivity contribution >= 4 is 11.9 Å². The highest BCUT2D eigenvalue weighted by atomic mass is 16.5. The SMILES string of the molecule is Cc1cccc(C2(C(=O)NCC3CN(C(N)=O)CCO3)CCCC2)c1. The lowest BCUT2D eigenvalue weighted by molar-refractivity contribution is -0.127. The molecule has 2 aliphatic rings. The van der Waals surface area contributed by atoms with Crippen LogP contribution in [0.5, 0.6) is 0 Å². The monoisotopic (exact) mass is 345 g/mol. The van der Waals surface area contributed by atoms with Crippen molar-refractivity contribution in [2.75, 3.05) is 26.2 Å². The number of morpholine rings is 1. The van der Waals surface area contributed by atoms with Crippen molar-refractivity contribution < 1.29 is 14.3 Å². The Bertz CT molecular complexity index is 641. The summed E-state index contributed by atoms with van der Waals surface area (Å²) in [4.78, 5) is 25.9. The molecule has 1 saturated carbocycles. The Morgan fingerprint density at radius 3 is 2.80 bits per heavy atom. The molecule has 0 bridgehead atoms. The van der Waals surface area contributed by atoms with E-state index in [-0.39, 0.29) is 12.0 Å². The molecule has 1 aromatic rings. The van der Waals surface area contributed by atoms with Crippen LogP contribution in [-0.2, 0) is 14.9 Å². The topological polar surface area (TPSA) is 84.7 Å². The van der Waals surface area contributed by atoms with Crippen LogP contribution < -0.4 is 11.1 Å². The van der Waals surface area contributed by atoms with Crippen molar-refractivity contribution in [1.82, 2.24) is 10.2 Å². The van der Waals surface area contributed by atoms with E-state index in [0.717, 1.165) is 31.2 Å². The third kappa shape index (κ3) is 3.79. The summed E-state index contributed by atoms with van der Waals surface area (Å²) in [5.74, 6) is 0.0652. The van der Waals surface area contributed by atoms with Crippen LogP contribution >= 0.6 is 0 Å². The molecular formula is C19H27N3O3. The van der Waals surface area contributed by atoms with E-state index in [0.29, 0.717) is 26.2 Å². The van der Waals surface area contributed by atoms with Crippen LogP contribution in [0, 0.1) is 6.92 Å². The Hall–Kier alpha value is -2.08. The molecule has 1 aromatic carbocycles. The third-order valence-corrected chi connectivity index (χ3v) is 5.40. The zero-order chi connectivity index (χ0) is 17.9. The molecule has 136 valence electrons. The zero-order valence-electron chi connectivity index (χ0n) is 14.8. The van der Waals surface area contributed by atoms with E-state index in [2.05, 4.69) is 30.4 Å². The van der Waals surface area contributed by atoms with Crippen molar-refractivity contribution in [3.8, 4) is 0 Å². The fraction of sp³-hybridized carbons (Fsp3) is 0.579. The van der Waals surface area contributed by atoms with Crippen LogP contribution in [0.15, 0.2) is 24.3 Å². The predicted octanol–water partition coefficient (Wildman–Crippen LogP) is 1.70. The van der Waals surface area contributed by atoms with Gasteiger partial charge in [-0.1, -0.05) is 42.7 Å². The summed E-state index contributed by atoms with van der Waals surface area (Å²) in [6.07, 6.45) is 3.68. The maximum absolute atomic E-state index is 13.1. The van der Waals surface area contributed by atoms with E-state index in [1.54, 1.807) is 4.90 Å². The number of carbonyl (C=O) groups is 2. The molecular weight excluding hydrogens is 318 g/mol. The van der Waals surface area contributed by atoms with Crippen LogP contribution in [0.1, 0.15) is 36.8 Å². The summed E-state index contributed by atoms with van der Waals surface area (Å²) >= 11 is 0. The van der Waals surface area contributed by atoms with E-state index < -0.39 is 11.4 Å². The number of nitrogens with two attached hydrogens (primary N) is 1. The minimum atomic E-state index is -0.440. The number of rotatable bonds is 4. The summed E-state index contributed by atoms with van der Waals surface area (Å²) in [5, 5.41) is 3.07. The summed E-state index contributed by atoms with van der Waals surface area (Å²) in [6.45, 7) is 3.83. The fourth-order valence-electron chi connectivity index (χ4n) is 3.99. The Labute approximate surface area is 148 Å². The number of hydrogen-bond donors (Lipinski definition) is 2. The molecule has 6 heteroatoms. The number of primary amides is 1. The van der Waals surface area contributed by atoms with Gasteiger partial charge in [0.25, 0.3) is 0 Å². The normalized spacial score (nSPS) is 22.6. The van der Waals surface area contributed by atoms with Gasteiger partial charge in [-0.2, -0.15) is 0 Å². The lowest BCUT2D eigenvalue weighted by Crippen LogP contribution is -2.53. The lowest BCUT2D eigenvalue weighted by Gasteiger charge is -2.33. The number of ether oxygens (including phenoxy) is 1. The maximum atomic E-state index is 13.1. The van der Waals surface area contributed by atoms with Crippen molar-refractivity contribution in [2.45, 2.75) is 44.1 Å². The first-order chi connectivity index (χ1) is 12.0. The van der Waals surface area contributed by atoms with E-state index in [1.807, 2.05) is 6.07 Å². The standard InChI is InChI=1S/C19H27N3O3/c1-14-5-4-6-15(11-14)19(7-2-3-8-19)17(23)21-12-16-13-22(18(20)24)9-10-25-16/h4-6,11,16H,2-3,7-10,12-13H2,1H3,(H2,20,24)(H,21,23). The minimum absolute atomic E-state index is 0.0652. The summed E-state index contributed by atoms with van der Waals surface area (Å²) in [5.41, 5.74) is 7.17. The highest BCUT2D eigenvalue weighted by Crippen LogP contribution is 2.41. The molecule has 0 spiro atoms. The lowest BCUT2D eigenvalue weighted by atomic mass is 9.77. The molecule has 3 rings (SSSR count). The molecule has 3 amide bonds. The van der Waals surface area contributed by atoms with Crippen LogP contribution in [-0.4, -0.2) is 49.2 Å². The van der Waals surface area contributed by atoms with E-state index in [9.17, 15) is 9.59 Å². The molecule has 6 nitrogen and oxygen atoms in total. The minimum Gasteiger partial charge on any atom is -0.373 e. The number of nitrogens with one attached hydrogen (secondary N) is 1. The largest absolute Gasteiger partial charge is 0.373 e. The van der Waals surface area contributed by atoms with Gasteiger partial charge in [0.05, 0.1) is 24.7 Å². The first-order valence-electron chi connectivity index (χ1n) is 9.03. The summed E-state index contributed by atoms with van der Waals surface area (Å²) in [6, 6.07) is 7.82. The van der Waals surface area contributed by atoms with Crippen LogP contribution in [0.3, 0.4) is 0 Å². The molecule has 0 radical (unpaired) electrons. The fourth-order valence-corrected chi connectivity index (χ4v) is 3.99. The van der Waals surface area contributed by atoms with Gasteiger partial charge < -0.3 is 20.7 Å². The molecule has 0 aromatic heterocycles. The van der Waals surface area contributed by atoms with Crippen LogP contribution in [0.2, 0.25) is 0 Å². The van der Waals surface area contributed by atoms with E-state index in [1.165, 1.54) is 5.56 Å². The first kappa shape index (κ1) is 17.7. The third-order valence-electron chi connectivity index (χ3n) is 5.40. The quantitative estimate of drug-likeness (QED) is 0.871. The van der Waals surface area contributed by atoms with Gasteiger partial charge in [-0.15, -0.1) is 0 Å². The smallest absolute Gasteiger partial charge is 0.314 e. The molecule has 3 N–H and O–H groups in total. The number of carbonyl (C=O) groups excluding carboxylic acids is 2. The second-order valence-corrected chi connectivity index (χ2v) is 7.15. The van der Waals surface area contributed by atoms with Gasteiger partial charge in [-0.25, -0.2) is 4.79 Å². The van der Waals surface area contributed by atoms with Gasteiger partial charge >= 0.3 is 6.03 Å². The highest BCUT2D eigenvalue weighted by Gasteiger charge is 2.42. The van der Waals surface area contributed by atoms with Gasteiger partial charge in [0.15, 0.2) is 0 Å². The van der Waals surface area contributed by atoms with Gasteiger partial charge in [0.1, 0.15) is 0 Å². The number of aryl methyl sites for hydroxylation is 1. The molecule has 1 heterocycles. The number of benzene rings is 1. The zero-order valence-corrected chi connectivity index (χ0v) is 14.8. The highest BCUT2D eigenvalue weighted by molar-refractivity contribution is 5.88. The Kier molecular flexibility index (Phi) is 5.27. The molecule has 1 aliphatic heterocycles. The van der Waals surface area contributed by atoms with Crippen molar-refractivity contribution in [3.63, 3.8) is 0 Å². The predicted molar refractivity (Wildman–Crippen MR) is 95.2 cm³/mol. The van der Waals surface area contributed by atoms with Crippen molar-refractivity contribution in [2.24, 2.45) is 5.73 Å². The summed E-state index contributed by atoms with van der Waals surface area (Å²) in [7, 11) is 0. The number of urea groups is 1. The number of hydrogen-bond acceptors (Lipinski definition) is 3. The number of nitrogens with zero attached hydrogens (tertiary/aromatic N) is 1. The Morgan fingerprint density at radius 1 is 1.36 bits per heavy atom. The molecule has 1 aliphatic carbocycles. The second kappa shape index (κ2) is 7.44. The van der Waals surface area contributed by atoms with Crippen LogP contribution in [0.4, 0.5) is 4.79 Å². The van der Waals surface area contributed by atoms with Gasteiger partial charge in [-0.3, -0.25) is 4.79 Å². The molecule has 25 heavy (non-hydrogen) atoms. The van der Waals surface area contributed by atoms with Crippen molar-refractivity contribution in [3.05, 3.63) is 35.4 Å². The molecule has 2 fully saturated rings. The van der Waals surface area contributed by atoms with Gasteiger partial charge in [0, 0.05) is 13.1 Å². The molecule has 1 atom stereocenters. The summed E-state index contributed by atoms with van der Waals surface area (Å²) < 4.78 is 5.66. The van der Waals surface area contributed by atoms with Crippen LogP contribution in [0.25, 0.3) is 0 Å². The second-order valence-electron chi connectivity index (χ2n) is 7.15. The van der Waals surface area contributed by atoms with Crippen molar-refractivity contribution in [1.29, 1.82) is 0 Å². The molecule has 1 unspecified atom stereocenters. The van der Waals surface area contributed by atoms with E-state index >= 15 is 0 Å². The van der Waals surface area contributed by atoms with Gasteiger partial charge in [-0.05, 0) is 25.3 Å². The molecule has 1 saturated heterocycles. The van der Waals surface area contributed by atoms with E-state index in [4.69, 9.17) is 10.5 Å². The number of amides is 3.